The zero-order valence-electron chi connectivity index (χ0n) is 8.83. The standard InChI is InChI=1S/C9H14NO.C2H6/c1-2-3-5-9-6-4-7-10(11)8-9;1-2/h4,6-8,11H,2-3,5H2,1H3;1-2H3/q+1;. The molecule has 0 spiro atoms. The average Bonchev–Trinajstić information content (AvgIpc) is 2.18. The highest BCUT2D eigenvalue weighted by atomic mass is 16.5. The lowest BCUT2D eigenvalue weighted by molar-refractivity contribution is -0.905. The minimum absolute atomic E-state index is 1.05. The molecule has 0 aliphatic carbocycles. The first kappa shape index (κ1) is 11.9. The van der Waals surface area contributed by atoms with Crippen molar-refractivity contribution in [1.29, 1.82) is 0 Å². The molecule has 0 unspecified atom stereocenters. The molecule has 1 N–H and O–H groups in total. The molecule has 13 heavy (non-hydrogen) atoms. The molecule has 0 radical (unpaired) electrons. The summed E-state index contributed by atoms with van der Waals surface area (Å²) in [5.74, 6) is 0. The normalized spacial score (nSPS) is 8.85. The Bertz CT molecular complexity index is 223. The van der Waals surface area contributed by atoms with Crippen LogP contribution in [0.4, 0.5) is 0 Å². The maximum absolute atomic E-state index is 9.03. The molecule has 0 fully saturated rings. The highest BCUT2D eigenvalue weighted by Crippen LogP contribution is 2.00. The molecule has 0 amide bonds. The molecule has 1 rings (SSSR count). The molecular formula is C11H20NO+. The molecule has 0 aliphatic heterocycles. The minimum Gasteiger partial charge on any atom is -0.285 e. The van der Waals surface area contributed by atoms with Gasteiger partial charge in [0.1, 0.15) is 0 Å². The minimum atomic E-state index is 1.05. The number of pyridine rings is 1. The van der Waals surface area contributed by atoms with Gasteiger partial charge in [-0.25, -0.2) is 0 Å². The number of hydrogen-bond acceptors (Lipinski definition) is 1. The van der Waals surface area contributed by atoms with E-state index in [0.717, 1.165) is 11.2 Å². The Hall–Kier alpha value is -1.05. The smallest absolute Gasteiger partial charge is 0.225 e. The molecule has 74 valence electrons. The first-order chi connectivity index (χ1) is 6.33. The van der Waals surface area contributed by atoms with Crippen LogP contribution in [0.15, 0.2) is 24.5 Å². The summed E-state index contributed by atoms with van der Waals surface area (Å²) in [6, 6.07) is 3.88. The summed E-state index contributed by atoms with van der Waals surface area (Å²) in [4.78, 5) is 0. The summed E-state index contributed by atoms with van der Waals surface area (Å²) in [7, 11) is 0. The number of aromatic nitrogens is 1. The van der Waals surface area contributed by atoms with Gasteiger partial charge in [-0.15, -0.1) is 0 Å². The second kappa shape index (κ2) is 7.59. The van der Waals surface area contributed by atoms with Gasteiger partial charge in [-0.2, -0.15) is 0 Å². The van der Waals surface area contributed by atoms with Crippen LogP contribution in [0.1, 0.15) is 39.2 Å². The SMILES string of the molecule is CC.CCCCc1ccc[n+](O)c1. The summed E-state index contributed by atoms with van der Waals surface area (Å²) >= 11 is 0. The van der Waals surface area contributed by atoms with Crippen LogP contribution >= 0.6 is 0 Å². The molecule has 1 heterocycles. The quantitative estimate of drug-likeness (QED) is 0.564. The highest BCUT2D eigenvalue weighted by Gasteiger charge is 1.98. The van der Waals surface area contributed by atoms with E-state index in [1.54, 1.807) is 12.4 Å². The van der Waals surface area contributed by atoms with Crippen molar-refractivity contribution < 1.29 is 9.94 Å². The van der Waals surface area contributed by atoms with E-state index in [1.165, 1.54) is 18.4 Å². The lowest BCUT2D eigenvalue weighted by Gasteiger charge is -1.94. The molecule has 0 aromatic carbocycles. The van der Waals surface area contributed by atoms with Crippen LogP contribution in [0.3, 0.4) is 0 Å². The van der Waals surface area contributed by atoms with E-state index in [2.05, 4.69) is 6.92 Å². The van der Waals surface area contributed by atoms with Crippen LogP contribution in [-0.4, -0.2) is 5.21 Å². The van der Waals surface area contributed by atoms with Gasteiger partial charge in [-0.3, -0.25) is 5.21 Å². The zero-order valence-corrected chi connectivity index (χ0v) is 8.83. The van der Waals surface area contributed by atoms with Crippen molar-refractivity contribution in [3.63, 3.8) is 0 Å². The molecule has 2 heteroatoms. The number of nitrogens with zero attached hydrogens (tertiary/aromatic N) is 1. The Morgan fingerprint density at radius 1 is 1.38 bits per heavy atom. The van der Waals surface area contributed by atoms with E-state index in [-0.39, 0.29) is 0 Å². The zero-order chi connectivity index (χ0) is 10.1. The van der Waals surface area contributed by atoms with Crippen LogP contribution < -0.4 is 4.73 Å². The van der Waals surface area contributed by atoms with Crippen molar-refractivity contribution in [2.24, 2.45) is 0 Å². The highest BCUT2D eigenvalue weighted by molar-refractivity contribution is 5.04. The lowest BCUT2D eigenvalue weighted by atomic mass is 10.1. The summed E-state index contributed by atoms with van der Waals surface area (Å²) in [6.07, 6.45) is 6.80. The number of rotatable bonds is 3. The van der Waals surface area contributed by atoms with Gasteiger partial charge in [-0.1, -0.05) is 27.2 Å². The van der Waals surface area contributed by atoms with Crippen molar-refractivity contribution in [2.75, 3.05) is 0 Å². The van der Waals surface area contributed by atoms with Crippen LogP contribution in [0.5, 0.6) is 0 Å². The van der Waals surface area contributed by atoms with Gasteiger partial charge in [0.15, 0.2) is 0 Å². The fourth-order valence-corrected chi connectivity index (χ4v) is 1.04. The molecule has 0 atom stereocenters. The molecule has 0 bridgehead atoms. The summed E-state index contributed by atoms with van der Waals surface area (Å²) in [6.45, 7) is 6.16. The molecular weight excluding hydrogens is 162 g/mol. The van der Waals surface area contributed by atoms with Crippen molar-refractivity contribution in [1.82, 2.24) is 0 Å². The molecule has 1 aromatic heterocycles. The predicted octanol–water partition coefficient (Wildman–Crippen LogP) is 2.58. The van der Waals surface area contributed by atoms with Crippen LogP contribution in [0.2, 0.25) is 0 Å². The Kier molecular flexibility index (Phi) is 6.98. The topological polar surface area (TPSA) is 24.1 Å². The summed E-state index contributed by atoms with van der Waals surface area (Å²) in [5, 5.41) is 9.03. The fourth-order valence-electron chi connectivity index (χ4n) is 1.04. The predicted molar refractivity (Wildman–Crippen MR) is 53.8 cm³/mol. The maximum atomic E-state index is 9.03. The van der Waals surface area contributed by atoms with E-state index in [9.17, 15) is 0 Å². The van der Waals surface area contributed by atoms with Gasteiger partial charge in [0, 0.05) is 16.4 Å². The Morgan fingerprint density at radius 2 is 2.08 bits per heavy atom. The van der Waals surface area contributed by atoms with Gasteiger partial charge in [-0.05, 0) is 18.9 Å². The monoisotopic (exact) mass is 182 g/mol. The van der Waals surface area contributed by atoms with E-state index < -0.39 is 0 Å². The third-order valence-electron chi connectivity index (χ3n) is 1.67. The number of aryl methyl sites for hydroxylation is 1. The van der Waals surface area contributed by atoms with E-state index >= 15 is 0 Å². The van der Waals surface area contributed by atoms with E-state index in [4.69, 9.17) is 5.21 Å². The van der Waals surface area contributed by atoms with Crippen molar-refractivity contribution in [3.8, 4) is 0 Å². The third-order valence-corrected chi connectivity index (χ3v) is 1.67. The van der Waals surface area contributed by atoms with Gasteiger partial charge in [0.25, 0.3) is 0 Å². The Balaban J connectivity index is 0.000000671. The maximum Gasteiger partial charge on any atom is 0.225 e. The van der Waals surface area contributed by atoms with Gasteiger partial charge in [0.2, 0.25) is 12.4 Å². The molecule has 2 nitrogen and oxygen atoms in total. The van der Waals surface area contributed by atoms with Gasteiger partial charge in [0.05, 0.1) is 0 Å². The van der Waals surface area contributed by atoms with Crippen LogP contribution in [-0.2, 0) is 6.42 Å². The molecule has 0 saturated carbocycles. The summed E-state index contributed by atoms with van der Waals surface area (Å²) < 4.78 is 1.10. The largest absolute Gasteiger partial charge is 0.285 e. The molecule has 0 saturated heterocycles. The van der Waals surface area contributed by atoms with Gasteiger partial charge >= 0.3 is 0 Å². The lowest BCUT2D eigenvalue weighted by Crippen LogP contribution is -2.28. The Morgan fingerprint density at radius 3 is 2.62 bits per heavy atom. The van der Waals surface area contributed by atoms with E-state index in [0.29, 0.717) is 0 Å². The first-order valence-corrected chi connectivity index (χ1v) is 5.02. The Labute approximate surface area is 80.8 Å². The molecule has 1 aromatic rings. The second-order valence-corrected chi connectivity index (χ2v) is 2.70. The summed E-state index contributed by atoms with van der Waals surface area (Å²) in [5.41, 5.74) is 1.19. The molecule has 0 aliphatic rings. The number of hydrogen-bond donors (Lipinski definition) is 1. The van der Waals surface area contributed by atoms with Crippen molar-refractivity contribution in [2.45, 2.75) is 40.0 Å². The van der Waals surface area contributed by atoms with E-state index in [1.807, 2.05) is 26.0 Å². The fraction of sp³-hybridized carbons (Fsp3) is 0.545. The third kappa shape index (κ3) is 5.23. The first-order valence-electron chi connectivity index (χ1n) is 5.02. The number of unbranched alkanes of at least 4 members (excludes halogenated alkanes) is 1. The second-order valence-electron chi connectivity index (χ2n) is 2.70. The van der Waals surface area contributed by atoms with Crippen molar-refractivity contribution >= 4 is 0 Å². The van der Waals surface area contributed by atoms with Crippen LogP contribution in [0, 0.1) is 0 Å². The van der Waals surface area contributed by atoms with Crippen LogP contribution in [0.25, 0.3) is 0 Å². The van der Waals surface area contributed by atoms with Crippen molar-refractivity contribution in [3.05, 3.63) is 30.1 Å². The average molecular weight is 182 g/mol. The van der Waals surface area contributed by atoms with Gasteiger partial charge < -0.3 is 0 Å².